The maximum Gasteiger partial charge on any atom is 0.169 e. The van der Waals surface area contributed by atoms with Crippen molar-refractivity contribution in [1.29, 1.82) is 0 Å². The van der Waals surface area contributed by atoms with E-state index in [9.17, 15) is 13.6 Å². The van der Waals surface area contributed by atoms with Crippen LogP contribution in [0.15, 0.2) is 12.5 Å². The van der Waals surface area contributed by atoms with Gasteiger partial charge in [0.2, 0.25) is 0 Å². The zero-order valence-electron chi connectivity index (χ0n) is 6.78. The number of carbonyl (C=O) groups excluding carboxylic acids is 1. The molecule has 0 bridgehead atoms. The highest BCUT2D eigenvalue weighted by atomic mass is 32.2. The molecule has 14 heavy (non-hydrogen) atoms. The summed E-state index contributed by atoms with van der Waals surface area (Å²) in [6.45, 7) is 0. The molecule has 1 aliphatic rings. The second-order valence-corrected chi connectivity index (χ2v) is 3.36. The van der Waals surface area contributed by atoms with Crippen molar-refractivity contribution in [3.63, 3.8) is 0 Å². The number of nitrogens with zero attached hydrogens (tertiary/aromatic N) is 3. The van der Waals surface area contributed by atoms with E-state index in [1.165, 1.54) is 12.5 Å². The smallest absolute Gasteiger partial charge is 0.169 e. The van der Waals surface area contributed by atoms with Crippen molar-refractivity contribution in [2.24, 2.45) is 0 Å². The topological polar surface area (TPSA) is 98.2 Å². The van der Waals surface area contributed by atoms with Crippen LogP contribution in [0.1, 0.15) is 0 Å². The van der Waals surface area contributed by atoms with E-state index in [1.807, 2.05) is 0 Å². The quantitative estimate of drug-likeness (QED) is 0.501. The minimum Gasteiger partial charge on any atom is -0.755 e. The van der Waals surface area contributed by atoms with Gasteiger partial charge in [-0.2, -0.15) is 0 Å². The summed E-state index contributed by atoms with van der Waals surface area (Å²) in [5.74, 6) is 0.186. The molecule has 74 valence electrons. The first-order valence-corrected chi connectivity index (χ1v) is 4.67. The maximum absolute atomic E-state index is 10.8. The summed E-state index contributed by atoms with van der Waals surface area (Å²) in [6.07, 6.45) is 2.18. The van der Waals surface area contributed by atoms with Crippen molar-refractivity contribution in [3.8, 4) is 0 Å². The van der Waals surface area contributed by atoms with Crippen LogP contribution in [-0.2, 0) is 16.1 Å². The Kier molecular flexibility index (Phi) is 2.14. The van der Waals surface area contributed by atoms with Gasteiger partial charge in [0.15, 0.2) is 18.3 Å². The van der Waals surface area contributed by atoms with E-state index in [-0.39, 0.29) is 5.82 Å². The van der Waals surface area contributed by atoms with Gasteiger partial charge in [-0.3, -0.25) is 13.3 Å². The molecular formula is C6H5N4O3S-. The average molecular weight is 213 g/mol. The molecule has 8 heteroatoms. The Morgan fingerprint density at radius 1 is 1.71 bits per heavy atom. The highest BCUT2D eigenvalue weighted by molar-refractivity contribution is 7.80. The molecule has 1 aliphatic heterocycles. The zero-order chi connectivity index (χ0) is 10.1. The molecule has 0 fully saturated rings. The van der Waals surface area contributed by atoms with E-state index in [0.29, 0.717) is 12.0 Å². The minimum atomic E-state index is -2.53. The van der Waals surface area contributed by atoms with Gasteiger partial charge in [-0.15, -0.1) is 0 Å². The van der Waals surface area contributed by atoms with Gasteiger partial charge in [0, 0.05) is 0 Å². The summed E-state index contributed by atoms with van der Waals surface area (Å²) >= 11 is -2.53. The number of nitrogens with one attached hydrogen (secondary N) is 1. The summed E-state index contributed by atoms with van der Waals surface area (Å²) in [7, 11) is 0. The van der Waals surface area contributed by atoms with Crippen LogP contribution < -0.4 is 9.62 Å². The number of fused-ring (bicyclic) bond motifs is 1. The van der Waals surface area contributed by atoms with E-state index in [0.717, 1.165) is 4.31 Å². The van der Waals surface area contributed by atoms with E-state index in [1.54, 1.807) is 0 Å². The SMILES string of the molecule is O=CC1Nc2cncnc2N1S(=O)[O-]. The lowest BCUT2D eigenvalue weighted by molar-refractivity contribution is -0.108. The molecular weight excluding hydrogens is 208 g/mol. The minimum absolute atomic E-state index is 0.186. The molecule has 2 unspecified atom stereocenters. The largest absolute Gasteiger partial charge is 0.755 e. The zero-order valence-corrected chi connectivity index (χ0v) is 7.60. The van der Waals surface area contributed by atoms with Gasteiger partial charge in [0.1, 0.15) is 6.33 Å². The highest BCUT2D eigenvalue weighted by Gasteiger charge is 2.30. The van der Waals surface area contributed by atoms with Gasteiger partial charge in [0.05, 0.1) is 23.2 Å². The van der Waals surface area contributed by atoms with Crippen LogP contribution >= 0.6 is 0 Å². The molecule has 1 aromatic rings. The van der Waals surface area contributed by atoms with E-state index in [2.05, 4.69) is 15.3 Å². The number of hydrogen-bond donors (Lipinski definition) is 1. The predicted molar refractivity (Wildman–Crippen MR) is 46.9 cm³/mol. The fourth-order valence-electron chi connectivity index (χ4n) is 1.20. The third-order valence-corrected chi connectivity index (χ3v) is 2.47. The monoisotopic (exact) mass is 213 g/mol. The first-order chi connectivity index (χ1) is 6.74. The summed E-state index contributed by atoms with van der Waals surface area (Å²) in [6, 6.07) is 0. The maximum atomic E-state index is 10.8. The molecule has 0 saturated carbocycles. The van der Waals surface area contributed by atoms with Gasteiger partial charge in [-0.1, -0.05) is 0 Å². The van der Waals surface area contributed by atoms with Crippen molar-refractivity contribution >= 4 is 29.1 Å². The molecule has 0 aromatic carbocycles. The molecule has 7 nitrogen and oxygen atoms in total. The number of anilines is 2. The van der Waals surface area contributed by atoms with Crippen molar-refractivity contribution in [2.75, 3.05) is 9.62 Å². The fraction of sp³-hybridized carbons (Fsp3) is 0.167. The van der Waals surface area contributed by atoms with Crippen molar-refractivity contribution < 1.29 is 13.6 Å². The van der Waals surface area contributed by atoms with Gasteiger partial charge in [-0.25, -0.2) is 9.97 Å². The van der Waals surface area contributed by atoms with Gasteiger partial charge < -0.3 is 9.87 Å². The number of carbonyl (C=O) groups is 1. The standard InChI is InChI=1S/C6H6N4O3S/c11-2-5-9-4-1-7-3-8-6(4)10(5)14(12)13/h1-3,5,9H,(H,12,13)/p-1. The Balaban J connectivity index is 2.47. The van der Waals surface area contributed by atoms with Crippen LogP contribution in [0.3, 0.4) is 0 Å². The summed E-state index contributed by atoms with van der Waals surface area (Å²) in [5.41, 5.74) is 0.425. The number of hydrogen-bond acceptors (Lipinski definition) is 6. The molecule has 0 saturated heterocycles. The molecule has 1 aromatic heterocycles. The Morgan fingerprint density at radius 3 is 3.14 bits per heavy atom. The van der Waals surface area contributed by atoms with Gasteiger partial charge in [-0.05, 0) is 0 Å². The van der Waals surface area contributed by atoms with Gasteiger partial charge in [0.25, 0.3) is 0 Å². The lowest BCUT2D eigenvalue weighted by Gasteiger charge is -2.22. The summed E-state index contributed by atoms with van der Waals surface area (Å²) < 4.78 is 22.5. The van der Waals surface area contributed by atoms with Crippen LogP contribution in [-0.4, -0.2) is 31.2 Å². The van der Waals surface area contributed by atoms with Crippen LogP contribution in [0.5, 0.6) is 0 Å². The fourth-order valence-corrected chi connectivity index (χ4v) is 1.78. The lowest BCUT2D eigenvalue weighted by Crippen LogP contribution is -2.38. The number of aldehydes is 1. The molecule has 0 aliphatic carbocycles. The average Bonchev–Trinajstić information content (AvgIpc) is 2.55. The van der Waals surface area contributed by atoms with E-state index < -0.39 is 17.4 Å². The summed E-state index contributed by atoms with van der Waals surface area (Å²) in [5, 5.41) is 2.66. The van der Waals surface area contributed by atoms with Crippen molar-refractivity contribution in [2.45, 2.75) is 6.17 Å². The van der Waals surface area contributed by atoms with Crippen LogP contribution in [0.4, 0.5) is 11.5 Å². The first kappa shape index (κ1) is 9.03. The molecule has 0 amide bonds. The highest BCUT2D eigenvalue weighted by Crippen LogP contribution is 2.30. The Labute approximate surface area is 81.6 Å². The molecule has 0 spiro atoms. The second kappa shape index (κ2) is 3.31. The molecule has 1 N–H and O–H groups in total. The molecule has 0 radical (unpaired) electrons. The predicted octanol–water partition coefficient (Wildman–Crippen LogP) is -0.972. The Morgan fingerprint density at radius 2 is 2.50 bits per heavy atom. The van der Waals surface area contributed by atoms with Crippen LogP contribution in [0, 0.1) is 0 Å². The van der Waals surface area contributed by atoms with E-state index in [4.69, 9.17) is 0 Å². The third-order valence-electron chi connectivity index (χ3n) is 1.75. The van der Waals surface area contributed by atoms with Crippen LogP contribution in [0.2, 0.25) is 0 Å². The Hall–Kier alpha value is -1.54. The van der Waals surface area contributed by atoms with E-state index >= 15 is 0 Å². The molecule has 2 atom stereocenters. The normalized spacial score (nSPS) is 21.2. The molecule has 2 rings (SSSR count). The molecule has 2 heterocycles. The van der Waals surface area contributed by atoms with Gasteiger partial charge >= 0.3 is 0 Å². The lowest BCUT2D eigenvalue weighted by atomic mass is 10.5. The van der Waals surface area contributed by atoms with Crippen LogP contribution in [0.25, 0.3) is 0 Å². The first-order valence-electron chi connectivity index (χ1n) is 3.64. The Bertz CT molecular complexity index is 398. The number of aromatic nitrogens is 2. The third kappa shape index (κ3) is 1.24. The summed E-state index contributed by atoms with van der Waals surface area (Å²) in [4.78, 5) is 18.0. The second-order valence-electron chi connectivity index (χ2n) is 2.53. The van der Waals surface area contributed by atoms with Crippen molar-refractivity contribution in [3.05, 3.63) is 12.5 Å². The van der Waals surface area contributed by atoms with Crippen molar-refractivity contribution in [1.82, 2.24) is 9.97 Å². The number of rotatable bonds is 2.